The maximum absolute atomic E-state index is 11.1. The molecule has 0 aliphatic heterocycles. The van der Waals surface area contributed by atoms with Crippen LogP contribution >= 0.6 is 0 Å². The van der Waals surface area contributed by atoms with Gasteiger partial charge in [-0.1, -0.05) is 39.0 Å². The van der Waals surface area contributed by atoms with Crippen LogP contribution in [0.5, 0.6) is 0 Å². The molecule has 0 amide bonds. The van der Waals surface area contributed by atoms with E-state index in [9.17, 15) is 4.79 Å². The van der Waals surface area contributed by atoms with Gasteiger partial charge in [0.15, 0.2) is 0 Å². The number of imidazole rings is 1. The Labute approximate surface area is 96.1 Å². The molecule has 1 heterocycles. The lowest BCUT2D eigenvalue weighted by Crippen LogP contribution is -2.13. The maximum Gasteiger partial charge on any atom is 0.314 e. The number of nitrogens with zero attached hydrogens (tertiary/aromatic N) is 1. The lowest BCUT2D eigenvalue weighted by atomic mass is 10.00. The highest BCUT2D eigenvalue weighted by Gasteiger charge is 2.21. The Balaban J connectivity index is 2.33. The van der Waals surface area contributed by atoms with E-state index < -0.39 is 11.9 Å². The van der Waals surface area contributed by atoms with Crippen LogP contribution < -0.4 is 0 Å². The number of nitrogens with one attached hydrogen (secondary N) is 1. The van der Waals surface area contributed by atoms with E-state index in [1.807, 2.05) is 0 Å². The van der Waals surface area contributed by atoms with Crippen LogP contribution in [0, 0.1) is 0 Å². The molecule has 0 aliphatic rings. The second kappa shape index (κ2) is 7.04. The molecule has 1 aromatic heterocycles. The first-order valence-corrected chi connectivity index (χ1v) is 5.97. The average molecular weight is 224 g/mol. The molecular weight excluding hydrogens is 204 g/mol. The molecule has 16 heavy (non-hydrogen) atoms. The van der Waals surface area contributed by atoms with Crippen LogP contribution in [0.25, 0.3) is 0 Å². The normalized spacial score (nSPS) is 12.6. The van der Waals surface area contributed by atoms with Gasteiger partial charge in [0, 0.05) is 12.4 Å². The summed E-state index contributed by atoms with van der Waals surface area (Å²) < 4.78 is 0. The highest BCUT2D eigenvalue weighted by atomic mass is 16.4. The van der Waals surface area contributed by atoms with Crippen LogP contribution in [0.1, 0.15) is 57.2 Å². The maximum atomic E-state index is 11.1. The summed E-state index contributed by atoms with van der Waals surface area (Å²) in [5.41, 5.74) is 0. The molecule has 1 atom stereocenters. The molecule has 90 valence electrons. The number of carbonyl (C=O) groups is 1. The third-order valence-corrected chi connectivity index (χ3v) is 2.74. The van der Waals surface area contributed by atoms with Crippen molar-refractivity contribution in [1.29, 1.82) is 0 Å². The lowest BCUT2D eigenvalue weighted by molar-refractivity contribution is -0.139. The van der Waals surface area contributed by atoms with Crippen LogP contribution in [-0.2, 0) is 4.79 Å². The summed E-state index contributed by atoms with van der Waals surface area (Å²) in [5, 5.41) is 9.09. The molecule has 0 spiro atoms. The highest BCUT2D eigenvalue weighted by molar-refractivity contribution is 5.74. The van der Waals surface area contributed by atoms with Gasteiger partial charge in [0.2, 0.25) is 0 Å². The topological polar surface area (TPSA) is 66.0 Å². The molecule has 0 aromatic carbocycles. The van der Waals surface area contributed by atoms with Gasteiger partial charge in [-0.2, -0.15) is 0 Å². The number of H-pyrrole nitrogens is 1. The van der Waals surface area contributed by atoms with Gasteiger partial charge in [-0.15, -0.1) is 0 Å². The van der Waals surface area contributed by atoms with E-state index in [0.717, 1.165) is 12.8 Å². The quantitative estimate of drug-likeness (QED) is 0.667. The lowest BCUT2D eigenvalue weighted by Gasteiger charge is -2.09. The first kappa shape index (κ1) is 12.7. The fourth-order valence-electron chi connectivity index (χ4n) is 1.80. The zero-order chi connectivity index (χ0) is 11.8. The number of hydrogen-bond acceptors (Lipinski definition) is 2. The molecule has 1 aromatic rings. The van der Waals surface area contributed by atoms with E-state index >= 15 is 0 Å². The minimum absolute atomic E-state index is 0.475. The zero-order valence-corrected chi connectivity index (χ0v) is 9.78. The van der Waals surface area contributed by atoms with Crippen LogP contribution in [0.4, 0.5) is 0 Å². The Morgan fingerprint density at radius 2 is 2.19 bits per heavy atom. The van der Waals surface area contributed by atoms with Gasteiger partial charge in [-0.25, -0.2) is 4.98 Å². The molecular formula is C12H20N2O2. The smallest absolute Gasteiger partial charge is 0.314 e. The van der Waals surface area contributed by atoms with Crippen molar-refractivity contribution in [2.75, 3.05) is 0 Å². The van der Waals surface area contributed by atoms with Gasteiger partial charge in [0.25, 0.3) is 0 Å². The van der Waals surface area contributed by atoms with Crippen molar-refractivity contribution in [3.8, 4) is 0 Å². The van der Waals surface area contributed by atoms with Crippen LogP contribution in [0.2, 0.25) is 0 Å². The van der Waals surface area contributed by atoms with Gasteiger partial charge in [0.05, 0.1) is 0 Å². The summed E-state index contributed by atoms with van der Waals surface area (Å²) in [4.78, 5) is 18.0. The molecule has 0 saturated heterocycles. The van der Waals surface area contributed by atoms with E-state index in [0.29, 0.717) is 12.2 Å². The molecule has 2 N–H and O–H groups in total. The minimum atomic E-state index is -0.787. The van der Waals surface area contributed by atoms with Crippen LogP contribution in [-0.4, -0.2) is 21.0 Å². The van der Waals surface area contributed by atoms with E-state index in [1.165, 1.54) is 19.3 Å². The zero-order valence-electron chi connectivity index (χ0n) is 9.78. The number of aliphatic carboxylic acids is 1. The monoisotopic (exact) mass is 224 g/mol. The Bertz CT molecular complexity index is 296. The second-order valence-electron chi connectivity index (χ2n) is 4.07. The van der Waals surface area contributed by atoms with Crippen molar-refractivity contribution in [1.82, 2.24) is 9.97 Å². The molecule has 4 heteroatoms. The van der Waals surface area contributed by atoms with Gasteiger partial charge in [0.1, 0.15) is 11.7 Å². The van der Waals surface area contributed by atoms with Crippen molar-refractivity contribution in [3.05, 3.63) is 18.2 Å². The number of rotatable bonds is 8. The standard InChI is InChI=1S/C12H20N2O2/c1-2-3-4-5-6-7-10(12(15)16)11-13-8-9-14-11/h8-10H,2-7H2,1H3,(H,13,14)(H,15,16). The van der Waals surface area contributed by atoms with Gasteiger partial charge in [-0.3, -0.25) is 4.79 Å². The van der Waals surface area contributed by atoms with Gasteiger partial charge >= 0.3 is 5.97 Å². The average Bonchev–Trinajstić information content (AvgIpc) is 2.76. The summed E-state index contributed by atoms with van der Waals surface area (Å²) >= 11 is 0. The summed E-state index contributed by atoms with van der Waals surface area (Å²) in [7, 11) is 0. The number of aromatic amines is 1. The molecule has 1 rings (SSSR count). The number of hydrogen-bond donors (Lipinski definition) is 2. The van der Waals surface area contributed by atoms with Crippen molar-refractivity contribution in [2.45, 2.75) is 51.4 Å². The number of carboxylic acids is 1. The van der Waals surface area contributed by atoms with E-state index in [2.05, 4.69) is 16.9 Å². The molecule has 0 fully saturated rings. The predicted octanol–water partition coefficient (Wildman–Crippen LogP) is 2.94. The van der Waals surface area contributed by atoms with Crippen molar-refractivity contribution in [2.24, 2.45) is 0 Å². The van der Waals surface area contributed by atoms with E-state index in [4.69, 9.17) is 5.11 Å². The Kier molecular flexibility index (Phi) is 5.61. The fraction of sp³-hybridized carbons (Fsp3) is 0.667. The largest absolute Gasteiger partial charge is 0.481 e. The molecule has 1 unspecified atom stereocenters. The van der Waals surface area contributed by atoms with Crippen molar-refractivity contribution in [3.63, 3.8) is 0 Å². The van der Waals surface area contributed by atoms with Gasteiger partial charge < -0.3 is 10.1 Å². The third kappa shape index (κ3) is 4.04. The second-order valence-corrected chi connectivity index (χ2v) is 4.07. The van der Waals surface area contributed by atoms with Crippen LogP contribution in [0.15, 0.2) is 12.4 Å². The Morgan fingerprint density at radius 1 is 1.44 bits per heavy atom. The van der Waals surface area contributed by atoms with Gasteiger partial charge in [-0.05, 0) is 6.42 Å². The summed E-state index contributed by atoms with van der Waals surface area (Å²) in [6, 6.07) is 0. The number of carboxylic acid groups (broad SMARTS) is 1. The first-order chi connectivity index (χ1) is 7.75. The van der Waals surface area contributed by atoms with Crippen molar-refractivity contribution < 1.29 is 9.90 Å². The van der Waals surface area contributed by atoms with Crippen LogP contribution in [0.3, 0.4) is 0 Å². The SMILES string of the molecule is CCCCCCCC(C(=O)O)c1ncc[nH]1. The molecule has 0 saturated carbocycles. The highest BCUT2D eigenvalue weighted by Crippen LogP contribution is 2.20. The Morgan fingerprint density at radius 3 is 2.75 bits per heavy atom. The van der Waals surface area contributed by atoms with Crippen molar-refractivity contribution >= 4 is 5.97 Å². The first-order valence-electron chi connectivity index (χ1n) is 5.97. The molecule has 4 nitrogen and oxygen atoms in total. The minimum Gasteiger partial charge on any atom is -0.481 e. The molecule has 0 bridgehead atoms. The summed E-state index contributed by atoms with van der Waals surface area (Å²) in [6.07, 6.45) is 9.65. The predicted molar refractivity (Wildman–Crippen MR) is 62.3 cm³/mol. The summed E-state index contributed by atoms with van der Waals surface area (Å²) in [6.45, 7) is 2.17. The number of aromatic nitrogens is 2. The summed E-state index contributed by atoms with van der Waals surface area (Å²) in [5.74, 6) is -0.690. The number of unbranched alkanes of at least 4 members (excludes halogenated alkanes) is 4. The molecule has 0 aliphatic carbocycles. The molecule has 0 radical (unpaired) electrons. The Hall–Kier alpha value is -1.32. The van der Waals surface area contributed by atoms with E-state index in [1.54, 1.807) is 12.4 Å². The van der Waals surface area contributed by atoms with E-state index in [-0.39, 0.29) is 0 Å². The third-order valence-electron chi connectivity index (χ3n) is 2.74. The fourth-order valence-corrected chi connectivity index (χ4v) is 1.80.